The van der Waals surface area contributed by atoms with Crippen molar-refractivity contribution in [1.82, 2.24) is 0 Å². The van der Waals surface area contributed by atoms with Crippen molar-refractivity contribution < 1.29 is 18.3 Å². The molecular weight excluding hydrogens is 395 g/mol. The van der Waals surface area contributed by atoms with Gasteiger partial charge in [-0.3, -0.25) is 9.59 Å². The van der Waals surface area contributed by atoms with Gasteiger partial charge < -0.3 is 19.4 Å². The number of nitrogens with one attached hydrogen (secondary N) is 1. The molecular formula is C21H17FN2O4S. The summed E-state index contributed by atoms with van der Waals surface area (Å²) >= 11 is 1.20. The molecule has 2 aromatic heterocycles. The molecule has 1 aliphatic heterocycles. The van der Waals surface area contributed by atoms with Crippen LogP contribution in [0.5, 0.6) is 0 Å². The van der Waals surface area contributed by atoms with Crippen molar-refractivity contribution in [2.75, 3.05) is 36.5 Å². The Morgan fingerprint density at radius 2 is 2.07 bits per heavy atom. The van der Waals surface area contributed by atoms with Crippen LogP contribution in [0.3, 0.4) is 0 Å². The summed E-state index contributed by atoms with van der Waals surface area (Å²) in [5.41, 5.74) is 0.876. The molecule has 0 radical (unpaired) electrons. The fraction of sp³-hybridized carbons (Fsp3) is 0.238. The van der Waals surface area contributed by atoms with Crippen molar-refractivity contribution in [3.8, 4) is 23.0 Å². The number of carbonyl (C=O) groups is 1. The summed E-state index contributed by atoms with van der Waals surface area (Å²) in [6, 6.07) is 6.13. The third kappa shape index (κ3) is 3.75. The number of fused-ring (bicyclic) bond motifs is 1. The number of carbonyl (C=O) groups excluding carboxylic acids is 1. The molecule has 3 heterocycles. The second kappa shape index (κ2) is 8.07. The molecule has 0 aliphatic carbocycles. The van der Waals surface area contributed by atoms with Crippen molar-refractivity contribution in [3.05, 3.63) is 45.7 Å². The lowest BCUT2D eigenvalue weighted by Gasteiger charge is -2.27. The van der Waals surface area contributed by atoms with E-state index < -0.39 is 11.7 Å². The maximum absolute atomic E-state index is 15.1. The number of hydrogen-bond donors (Lipinski definition) is 1. The largest absolute Gasteiger partial charge is 0.439 e. The van der Waals surface area contributed by atoms with Gasteiger partial charge in [-0.1, -0.05) is 18.1 Å². The number of halogens is 1. The van der Waals surface area contributed by atoms with E-state index in [0.29, 0.717) is 48.0 Å². The van der Waals surface area contributed by atoms with Gasteiger partial charge in [-0.25, -0.2) is 4.39 Å². The zero-order chi connectivity index (χ0) is 20.4. The highest BCUT2D eigenvalue weighted by Crippen LogP contribution is 2.37. The number of ether oxygens (including phenoxy) is 1. The van der Waals surface area contributed by atoms with Gasteiger partial charge in [0.2, 0.25) is 5.43 Å². The lowest BCUT2D eigenvalue weighted by Crippen LogP contribution is -2.36. The topological polar surface area (TPSA) is 71.8 Å². The summed E-state index contributed by atoms with van der Waals surface area (Å²) in [5, 5.41) is 4.13. The number of rotatable bonds is 3. The summed E-state index contributed by atoms with van der Waals surface area (Å²) in [6.45, 7) is 3.85. The van der Waals surface area contributed by atoms with Gasteiger partial charge in [0.25, 0.3) is 5.91 Å². The molecule has 0 unspecified atom stereocenters. The average molecular weight is 412 g/mol. The van der Waals surface area contributed by atoms with Crippen LogP contribution in [-0.2, 0) is 9.53 Å². The van der Waals surface area contributed by atoms with E-state index in [1.54, 1.807) is 17.5 Å². The van der Waals surface area contributed by atoms with Crippen LogP contribution in [0.1, 0.15) is 6.92 Å². The van der Waals surface area contributed by atoms with Crippen LogP contribution in [0.15, 0.2) is 38.9 Å². The highest BCUT2D eigenvalue weighted by molar-refractivity contribution is 7.17. The van der Waals surface area contributed by atoms with Crippen LogP contribution in [-0.4, -0.2) is 32.2 Å². The first-order chi connectivity index (χ1) is 14.1. The molecule has 0 spiro atoms. The zero-order valence-electron chi connectivity index (χ0n) is 15.6. The molecule has 1 N–H and O–H groups in total. The first-order valence-electron chi connectivity index (χ1n) is 8.99. The number of hydrogen-bond acceptors (Lipinski definition) is 6. The normalized spacial score (nSPS) is 13.8. The molecule has 29 heavy (non-hydrogen) atoms. The second-order valence-electron chi connectivity index (χ2n) is 6.35. The maximum Gasteiger partial charge on any atom is 0.300 e. The van der Waals surface area contributed by atoms with E-state index in [1.165, 1.54) is 30.4 Å². The molecule has 4 rings (SSSR count). The fourth-order valence-corrected chi connectivity index (χ4v) is 4.06. The molecule has 0 bridgehead atoms. The molecule has 1 aliphatic rings. The third-order valence-corrected chi connectivity index (χ3v) is 5.50. The van der Waals surface area contributed by atoms with Crippen LogP contribution in [0.25, 0.3) is 21.4 Å². The number of nitrogens with zero attached hydrogens (tertiary/aromatic N) is 1. The van der Waals surface area contributed by atoms with Gasteiger partial charge in [0.1, 0.15) is 4.70 Å². The Labute approximate surface area is 169 Å². The summed E-state index contributed by atoms with van der Waals surface area (Å²) in [5.74, 6) is 4.02. The van der Waals surface area contributed by atoms with Crippen molar-refractivity contribution in [2.45, 2.75) is 6.92 Å². The Balaban J connectivity index is 1.80. The molecule has 1 fully saturated rings. The van der Waals surface area contributed by atoms with E-state index in [-0.39, 0.29) is 16.7 Å². The van der Waals surface area contributed by atoms with E-state index in [9.17, 15) is 9.59 Å². The molecule has 6 nitrogen and oxygen atoms in total. The Morgan fingerprint density at radius 3 is 2.83 bits per heavy atom. The monoisotopic (exact) mass is 412 g/mol. The number of amides is 1. The second-order valence-corrected chi connectivity index (χ2v) is 7.23. The minimum Gasteiger partial charge on any atom is -0.439 e. The molecule has 3 aromatic rings. The molecule has 148 valence electrons. The summed E-state index contributed by atoms with van der Waals surface area (Å²) in [4.78, 5) is 26.2. The highest BCUT2D eigenvalue weighted by Gasteiger charge is 2.21. The molecule has 8 heteroatoms. The summed E-state index contributed by atoms with van der Waals surface area (Å²) in [7, 11) is 0. The van der Waals surface area contributed by atoms with Crippen LogP contribution >= 0.6 is 11.3 Å². The van der Waals surface area contributed by atoms with E-state index >= 15 is 4.39 Å². The van der Waals surface area contributed by atoms with Gasteiger partial charge in [-0.15, -0.1) is 11.3 Å². The predicted molar refractivity (Wildman–Crippen MR) is 111 cm³/mol. The van der Waals surface area contributed by atoms with E-state index in [1.807, 2.05) is 4.90 Å². The lowest BCUT2D eigenvalue weighted by atomic mass is 10.1. The predicted octanol–water partition coefficient (Wildman–Crippen LogP) is 3.46. The van der Waals surface area contributed by atoms with Gasteiger partial charge in [-0.2, -0.15) is 0 Å². The van der Waals surface area contributed by atoms with Crippen LogP contribution in [0.4, 0.5) is 16.0 Å². The Kier molecular flexibility index (Phi) is 5.34. The number of morpholine rings is 1. The first-order valence-corrected chi connectivity index (χ1v) is 9.87. The number of thiophene rings is 1. The van der Waals surface area contributed by atoms with E-state index in [2.05, 4.69) is 17.2 Å². The van der Waals surface area contributed by atoms with Crippen molar-refractivity contribution >= 4 is 39.1 Å². The van der Waals surface area contributed by atoms with Gasteiger partial charge in [0.05, 0.1) is 18.9 Å². The minimum absolute atomic E-state index is 0.0151. The fourth-order valence-electron chi connectivity index (χ4n) is 3.16. The van der Waals surface area contributed by atoms with Crippen molar-refractivity contribution in [3.63, 3.8) is 0 Å². The summed E-state index contributed by atoms with van der Waals surface area (Å²) in [6.07, 6.45) is 0. The molecule has 0 atom stereocenters. The lowest BCUT2D eigenvalue weighted by molar-refractivity contribution is -0.111. The Morgan fingerprint density at radius 1 is 1.28 bits per heavy atom. The summed E-state index contributed by atoms with van der Waals surface area (Å²) < 4.78 is 26.9. The smallest absolute Gasteiger partial charge is 0.300 e. The third-order valence-electron chi connectivity index (χ3n) is 4.53. The van der Waals surface area contributed by atoms with Crippen molar-refractivity contribution in [1.29, 1.82) is 0 Å². The van der Waals surface area contributed by atoms with E-state index in [0.717, 1.165) is 0 Å². The average Bonchev–Trinajstić information content (AvgIpc) is 3.15. The standard InChI is InChI=1S/C21H17FN2O4S/c1-2-4-17(26)23-15-6-3-5-13(19(15)22)14-12-29-21-16(25)11-18(28-20(14)21)24-7-9-27-10-8-24/h3,5-6,11-12H,7-10H2,1H3,(H,23,26). The molecule has 0 saturated carbocycles. The van der Waals surface area contributed by atoms with Gasteiger partial charge in [-0.05, 0) is 18.9 Å². The highest BCUT2D eigenvalue weighted by atomic mass is 32.1. The van der Waals surface area contributed by atoms with Crippen LogP contribution < -0.4 is 15.6 Å². The van der Waals surface area contributed by atoms with Gasteiger partial charge in [0, 0.05) is 35.7 Å². The Bertz CT molecular complexity index is 1200. The van der Waals surface area contributed by atoms with Gasteiger partial charge in [0.15, 0.2) is 17.3 Å². The molecule has 1 aromatic carbocycles. The quantitative estimate of drug-likeness (QED) is 0.667. The molecule has 1 amide bonds. The number of benzene rings is 1. The SMILES string of the molecule is CC#CC(=O)Nc1cccc(-c2csc3c(=O)cc(N4CCOCC4)oc23)c1F. The Hall–Kier alpha value is -3.15. The first kappa shape index (κ1) is 19.2. The molecule has 1 saturated heterocycles. The van der Waals surface area contributed by atoms with Gasteiger partial charge >= 0.3 is 0 Å². The van der Waals surface area contributed by atoms with E-state index in [4.69, 9.17) is 9.15 Å². The maximum atomic E-state index is 15.1. The van der Waals surface area contributed by atoms with Crippen LogP contribution in [0.2, 0.25) is 0 Å². The minimum atomic E-state index is -0.613. The van der Waals surface area contributed by atoms with Crippen molar-refractivity contribution in [2.24, 2.45) is 0 Å². The van der Waals surface area contributed by atoms with Crippen LogP contribution in [0, 0.1) is 17.7 Å². The zero-order valence-corrected chi connectivity index (χ0v) is 16.4. The number of anilines is 2.